The van der Waals surface area contributed by atoms with Crippen molar-refractivity contribution >= 4 is 0 Å². The summed E-state index contributed by atoms with van der Waals surface area (Å²) in [6.07, 6.45) is 49.6. The van der Waals surface area contributed by atoms with E-state index in [0.29, 0.717) is 0 Å². The van der Waals surface area contributed by atoms with E-state index in [4.69, 9.17) is 0 Å². The summed E-state index contributed by atoms with van der Waals surface area (Å²) in [7, 11) is 0. The maximum Gasteiger partial charge on any atom is 0.0890 e. The van der Waals surface area contributed by atoms with Crippen molar-refractivity contribution in [1.82, 2.24) is 0 Å². The van der Waals surface area contributed by atoms with Gasteiger partial charge in [-0.1, -0.05) is 189 Å². The predicted molar refractivity (Wildman–Crippen MR) is 204 cm³/mol. The Hall–Kier alpha value is -0.0400. The monoisotopic (exact) mass is 621 g/mol. The molecule has 0 spiro atoms. The molecule has 0 unspecified atom stereocenters. The summed E-state index contributed by atoms with van der Waals surface area (Å²) in [4.78, 5) is 0. The molecule has 0 aromatic heterocycles. The molecular formula is C43H90N+. The summed E-state index contributed by atoms with van der Waals surface area (Å²) in [5, 5.41) is 0. The van der Waals surface area contributed by atoms with Crippen molar-refractivity contribution < 1.29 is 4.48 Å². The fourth-order valence-corrected chi connectivity index (χ4v) is 7.87. The topological polar surface area (TPSA) is 0 Å². The van der Waals surface area contributed by atoms with Gasteiger partial charge in [0.2, 0.25) is 0 Å². The summed E-state index contributed by atoms with van der Waals surface area (Å²) in [5.74, 6) is 0. The molecule has 266 valence electrons. The average Bonchev–Trinajstić information content (AvgIpc) is 3.03. The van der Waals surface area contributed by atoms with Crippen LogP contribution in [0.15, 0.2) is 0 Å². The molecule has 0 atom stereocenters. The number of hydrogen-bond acceptors (Lipinski definition) is 0. The Kier molecular flexibility index (Phi) is 35.8. The quantitative estimate of drug-likeness (QED) is 0.0476. The normalized spacial score (nSPS) is 12.1. The van der Waals surface area contributed by atoms with E-state index in [1.54, 1.807) is 0 Å². The number of nitrogens with zero attached hydrogens (tertiary/aromatic N) is 1. The molecular weight excluding hydrogens is 530 g/mol. The molecule has 0 aliphatic rings. The molecule has 0 saturated heterocycles. The van der Waals surface area contributed by atoms with Gasteiger partial charge in [-0.15, -0.1) is 0 Å². The van der Waals surface area contributed by atoms with Crippen LogP contribution in [-0.4, -0.2) is 30.2 Å². The second kappa shape index (κ2) is 35.8. The van der Waals surface area contributed by atoms with E-state index in [2.05, 4.69) is 34.6 Å². The van der Waals surface area contributed by atoms with E-state index in [9.17, 15) is 0 Å². The van der Waals surface area contributed by atoms with Crippen LogP contribution in [0, 0.1) is 0 Å². The van der Waals surface area contributed by atoms with Gasteiger partial charge in [0.1, 0.15) is 0 Å². The lowest BCUT2D eigenvalue weighted by atomic mass is 9.94. The fraction of sp³-hybridized carbons (Fsp3) is 1.00. The Morgan fingerprint density at radius 2 is 0.455 bits per heavy atom. The molecule has 0 saturated carbocycles. The van der Waals surface area contributed by atoms with Crippen molar-refractivity contribution in [1.29, 1.82) is 0 Å². The summed E-state index contributed by atoms with van der Waals surface area (Å²) >= 11 is 0. The zero-order chi connectivity index (χ0) is 32.2. The van der Waals surface area contributed by atoms with Gasteiger partial charge in [-0.3, -0.25) is 0 Å². The van der Waals surface area contributed by atoms with Crippen LogP contribution in [0.4, 0.5) is 0 Å². The summed E-state index contributed by atoms with van der Waals surface area (Å²) in [5.41, 5.74) is 0. The number of hydrogen-bond donors (Lipinski definition) is 0. The highest BCUT2D eigenvalue weighted by Gasteiger charge is 2.35. The van der Waals surface area contributed by atoms with Gasteiger partial charge in [0.05, 0.1) is 25.7 Å². The molecule has 0 bridgehead atoms. The lowest BCUT2D eigenvalue weighted by Gasteiger charge is -2.46. The maximum atomic E-state index is 2.36. The largest absolute Gasteiger partial charge is 0.321 e. The van der Waals surface area contributed by atoms with Gasteiger partial charge in [-0.2, -0.15) is 0 Å². The third kappa shape index (κ3) is 27.1. The number of quaternary nitrogens is 1. The first-order valence-corrected chi connectivity index (χ1v) is 21.6. The average molecular weight is 621 g/mol. The van der Waals surface area contributed by atoms with Gasteiger partial charge in [-0.25, -0.2) is 0 Å². The molecule has 0 amide bonds. The van der Waals surface area contributed by atoms with Crippen LogP contribution in [0.25, 0.3) is 0 Å². The lowest BCUT2D eigenvalue weighted by Crippen LogP contribution is -2.57. The molecule has 0 rings (SSSR count). The first-order chi connectivity index (χ1) is 21.7. The number of unbranched alkanes of at least 4 members (excludes halogenated alkanes) is 27. The zero-order valence-corrected chi connectivity index (χ0v) is 32.2. The third-order valence-corrected chi connectivity index (χ3v) is 10.9. The highest BCUT2D eigenvalue weighted by atomic mass is 15.4. The van der Waals surface area contributed by atoms with Crippen LogP contribution < -0.4 is 0 Å². The van der Waals surface area contributed by atoms with Crippen molar-refractivity contribution in [3.63, 3.8) is 0 Å². The minimum atomic E-state index is 0.934. The van der Waals surface area contributed by atoms with Crippen molar-refractivity contribution in [2.75, 3.05) is 19.6 Å². The first-order valence-electron chi connectivity index (χ1n) is 21.6. The van der Waals surface area contributed by atoms with Crippen molar-refractivity contribution in [2.45, 2.75) is 259 Å². The van der Waals surface area contributed by atoms with Gasteiger partial charge in [-0.05, 0) is 64.2 Å². The van der Waals surface area contributed by atoms with Crippen molar-refractivity contribution in [2.24, 2.45) is 0 Å². The number of rotatable bonds is 38. The van der Waals surface area contributed by atoms with Crippen molar-refractivity contribution in [3.05, 3.63) is 0 Å². The highest BCUT2D eigenvalue weighted by molar-refractivity contribution is 4.66. The van der Waals surface area contributed by atoms with E-state index < -0.39 is 0 Å². The standard InChI is InChI=1S/C43H90N/c1-6-11-16-21-26-28-33-38-43(39-34-29-27-22-17-12-7-2)44(40-35-30-23-18-13-8-3,41-36-31-24-19-14-9-4)42-37-32-25-20-15-10-5/h43H,6-42H2,1-5H3/q+1. The van der Waals surface area contributed by atoms with Crippen LogP contribution in [-0.2, 0) is 0 Å². The van der Waals surface area contributed by atoms with Crippen LogP contribution in [0.2, 0.25) is 0 Å². The third-order valence-electron chi connectivity index (χ3n) is 10.9. The van der Waals surface area contributed by atoms with E-state index >= 15 is 0 Å². The fourth-order valence-electron chi connectivity index (χ4n) is 7.87. The smallest absolute Gasteiger partial charge is 0.0890 e. The molecule has 0 aliphatic heterocycles. The summed E-state index contributed by atoms with van der Waals surface area (Å²) < 4.78 is 1.51. The lowest BCUT2D eigenvalue weighted by molar-refractivity contribution is -0.952. The Morgan fingerprint density at radius 1 is 0.250 bits per heavy atom. The van der Waals surface area contributed by atoms with Gasteiger partial charge in [0.15, 0.2) is 0 Å². The molecule has 1 heteroatoms. The van der Waals surface area contributed by atoms with Crippen LogP contribution >= 0.6 is 0 Å². The van der Waals surface area contributed by atoms with Gasteiger partial charge >= 0.3 is 0 Å². The minimum absolute atomic E-state index is 0.934. The molecule has 0 radical (unpaired) electrons. The van der Waals surface area contributed by atoms with Crippen LogP contribution in [0.3, 0.4) is 0 Å². The molecule has 0 aromatic rings. The zero-order valence-electron chi connectivity index (χ0n) is 32.2. The molecule has 0 fully saturated rings. The van der Waals surface area contributed by atoms with Gasteiger partial charge in [0.25, 0.3) is 0 Å². The Balaban J connectivity index is 5.62. The van der Waals surface area contributed by atoms with Crippen LogP contribution in [0.1, 0.15) is 253 Å². The van der Waals surface area contributed by atoms with E-state index in [0.717, 1.165) is 6.04 Å². The molecule has 1 nitrogen and oxygen atoms in total. The Labute approximate surface area is 282 Å². The van der Waals surface area contributed by atoms with E-state index in [-0.39, 0.29) is 0 Å². The molecule has 0 aromatic carbocycles. The summed E-state index contributed by atoms with van der Waals surface area (Å²) in [6, 6.07) is 0.934. The maximum absolute atomic E-state index is 2.36. The SMILES string of the molecule is CCCCCCCCCC(CCCCCCCCC)[N+](CCCCCCCC)(CCCCCCCC)CCCCCCCC. The van der Waals surface area contributed by atoms with Gasteiger partial charge < -0.3 is 4.48 Å². The van der Waals surface area contributed by atoms with E-state index in [1.165, 1.54) is 242 Å². The van der Waals surface area contributed by atoms with E-state index in [1.807, 2.05) is 0 Å². The Bertz CT molecular complexity index is 454. The second-order valence-electron chi connectivity index (χ2n) is 15.2. The first kappa shape index (κ1) is 44.0. The predicted octanol–water partition coefficient (Wildman–Crippen LogP) is 15.5. The van der Waals surface area contributed by atoms with Gasteiger partial charge in [0, 0.05) is 0 Å². The molecule has 44 heavy (non-hydrogen) atoms. The minimum Gasteiger partial charge on any atom is -0.321 e. The molecule has 0 N–H and O–H groups in total. The highest BCUT2D eigenvalue weighted by Crippen LogP contribution is 2.29. The Morgan fingerprint density at radius 3 is 0.705 bits per heavy atom. The summed E-state index contributed by atoms with van der Waals surface area (Å²) in [6.45, 7) is 16.3. The van der Waals surface area contributed by atoms with Crippen molar-refractivity contribution in [3.8, 4) is 0 Å². The second-order valence-corrected chi connectivity index (χ2v) is 15.2. The molecule has 0 heterocycles. The molecule has 0 aliphatic carbocycles. The van der Waals surface area contributed by atoms with Crippen LogP contribution in [0.5, 0.6) is 0 Å².